The fraction of sp³-hybridized carbons (Fsp3) is 0.286. The highest BCUT2D eigenvalue weighted by molar-refractivity contribution is 7.89. The molecule has 28 heavy (non-hydrogen) atoms. The number of anilines is 1. The molecule has 1 amide bonds. The molecule has 0 radical (unpaired) electrons. The summed E-state index contributed by atoms with van der Waals surface area (Å²) >= 11 is 0. The van der Waals surface area contributed by atoms with Gasteiger partial charge in [0.2, 0.25) is 15.9 Å². The molecule has 1 heterocycles. The zero-order chi connectivity index (χ0) is 20.3. The van der Waals surface area contributed by atoms with Gasteiger partial charge in [0, 0.05) is 29.5 Å². The van der Waals surface area contributed by atoms with Crippen molar-refractivity contribution in [2.45, 2.75) is 38.1 Å². The minimum Gasteiger partial charge on any atom is -0.461 e. The first-order valence-electron chi connectivity index (χ1n) is 9.15. The van der Waals surface area contributed by atoms with Crippen molar-refractivity contribution >= 4 is 32.6 Å². The summed E-state index contributed by atoms with van der Waals surface area (Å²) in [6.45, 7) is 5.38. The van der Waals surface area contributed by atoms with Gasteiger partial charge in [-0.1, -0.05) is 32.0 Å². The van der Waals surface area contributed by atoms with Crippen LogP contribution in [0.15, 0.2) is 63.9 Å². The third-order valence-electron chi connectivity index (χ3n) is 4.30. The number of fused-ring (bicyclic) bond motifs is 1. The fourth-order valence-corrected chi connectivity index (χ4v) is 4.06. The van der Waals surface area contributed by atoms with E-state index in [1.54, 1.807) is 32.9 Å². The smallest absolute Gasteiger partial charge is 0.240 e. The molecule has 0 saturated heterocycles. The molecule has 7 heteroatoms. The lowest BCUT2D eigenvalue weighted by Gasteiger charge is -2.14. The zero-order valence-electron chi connectivity index (χ0n) is 16.1. The fourth-order valence-electron chi connectivity index (χ4n) is 2.82. The predicted octanol–water partition coefficient (Wildman–Crippen LogP) is 3.94. The maximum absolute atomic E-state index is 12.6. The van der Waals surface area contributed by atoms with Crippen molar-refractivity contribution in [3.05, 3.63) is 60.4 Å². The van der Waals surface area contributed by atoms with E-state index in [4.69, 9.17) is 4.42 Å². The highest BCUT2D eigenvalue weighted by atomic mass is 32.2. The number of sulfonamides is 1. The number of carbonyl (C=O) groups excluding carboxylic acids is 1. The van der Waals surface area contributed by atoms with Crippen LogP contribution in [0, 0.1) is 5.92 Å². The molecule has 6 nitrogen and oxygen atoms in total. The second-order valence-corrected chi connectivity index (χ2v) is 8.86. The molecule has 0 spiro atoms. The van der Waals surface area contributed by atoms with Crippen LogP contribution >= 0.6 is 0 Å². The topological polar surface area (TPSA) is 88.4 Å². The highest BCUT2D eigenvalue weighted by Crippen LogP contribution is 2.20. The van der Waals surface area contributed by atoms with Gasteiger partial charge in [-0.15, -0.1) is 0 Å². The van der Waals surface area contributed by atoms with E-state index in [-0.39, 0.29) is 22.8 Å². The number of rotatable bonds is 7. The van der Waals surface area contributed by atoms with Crippen molar-refractivity contribution in [3.8, 4) is 0 Å². The molecule has 0 saturated carbocycles. The Morgan fingerprint density at radius 3 is 2.36 bits per heavy atom. The van der Waals surface area contributed by atoms with E-state index in [2.05, 4.69) is 10.0 Å². The Balaban J connectivity index is 1.66. The van der Waals surface area contributed by atoms with E-state index in [0.717, 1.165) is 16.7 Å². The summed E-state index contributed by atoms with van der Waals surface area (Å²) in [6, 6.07) is 15.4. The standard InChI is InChI=1S/C21H24N2O4S/c1-14(2)21(24)22-17-8-10-19(11-9-17)28(25,26)23-15(3)12-18-13-16-6-4-5-7-20(16)27-18/h4-11,13-15,23H,12H2,1-3H3,(H,22,24). The van der Waals surface area contributed by atoms with Crippen LogP contribution < -0.4 is 10.0 Å². The quantitative estimate of drug-likeness (QED) is 0.629. The van der Waals surface area contributed by atoms with Crippen molar-refractivity contribution in [1.29, 1.82) is 0 Å². The molecule has 0 bridgehead atoms. The monoisotopic (exact) mass is 400 g/mol. The van der Waals surface area contributed by atoms with Gasteiger partial charge in [-0.05, 0) is 43.3 Å². The summed E-state index contributed by atoms with van der Waals surface area (Å²) in [7, 11) is -3.68. The third-order valence-corrected chi connectivity index (χ3v) is 5.90. The Kier molecular flexibility index (Phi) is 5.86. The molecule has 1 atom stereocenters. The Morgan fingerprint density at radius 2 is 1.71 bits per heavy atom. The molecule has 1 unspecified atom stereocenters. The summed E-state index contributed by atoms with van der Waals surface area (Å²) in [5, 5.41) is 3.73. The van der Waals surface area contributed by atoms with Crippen LogP contribution in [-0.4, -0.2) is 20.4 Å². The molecular formula is C21H24N2O4S. The molecule has 1 aromatic heterocycles. The summed E-state index contributed by atoms with van der Waals surface area (Å²) in [4.78, 5) is 11.9. The maximum atomic E-state index is 12.6. The lowest BCUT2D eigenvalue weighted by Crippen LogP contribution is -2.34. The van der Waals surface area contributed by atoms with E-state index in [1.165, 1.54) is 12.1 Å². The molecule has 0 fully saturated rings. The number of hydrogen-bond acceptors (Lipinski definition) is 4. The van der Waals surface area contributed by atoms with Crippen molar-refractivity contribution in [3.63, 3.8) is 0 Å². The Morgan fingerprint density at radius 1 is 1.04 bits per heavy atom. The van der Waals surface area contributed by atoms with Crippen LogP contribution in [0.1, 0.15) is 26.5 Å². The van der Waals surface area contributed by atoms with Gasteiger partial charge in [-0.3, -0.25) is 4.79 Å². The number of hydrogen-bond donors (Lipinski definition) is 2. The van der Waals surface area contributed by atoms with Gasteiger partial charge in [0.1, 0.15) is 11.3 Å². The summed E-state index contributed by atoms with van der Waals surface area (Å²) < 4.78 is 33.7. The number of nitrogens with one attached hydrogen (secondary N) is 2. The molecule has 148 valence electrons. The van der Waals surface area contributed by atoms with E-state index in [0.29, 0.717) is 12.1 Å². The van der Waals surface area contributed by atoms with Crippen molar-refractivity contribution in [2.75, 3.05) is 5.32 Å². The number of amides is 1. The summed E-state index contributed by atoms with van der Waals surface area (Å²) in [5.74, 6) is 0.459. The average molecular weight is 401 g/mol. The summed E-state index contributed by atoms with van der Waals surface area (Å²) in [6.07, 6.45) is 0.441. The van der Waals surface area contributed by atoms with Crippen molar-refractivity contribution in [2.24, 2.45) is 5.92 Å². The highest BCUT2D eigenvalue weighted by Gasteiger charge is 2.19. The first-order valence-corrected chi connectivity index (χ1v) is 10.6. The van der Waals surface area contributed by atoms with Gasteiger partial charge < -0.3 is 9.73 Å². The van der Waals surface area contributed by atoms with E-state index >= 15 is 0 Å². The Labute approximate surface area is 165 Å². The molecule has 2 N–H and O–H groups in total. The minimum absolute atomic E-state index is 0.117. The maximum Gasteiger partial charge on any atom is 0.240 e. The lowest BCUT2D eigenvalue weighted by molar-refractivity contribution is -0.118. The van der Waals surface area contributed by atoms with Gasteiger partial charge in [0.15, 0.2) is 0 Å². The van der Waals surface area contributed by atoms with Gasteiger partial charge >= 0.3 is 0 Å². The first-order chi connectivity index (χ1) is 13.2. The molecular weight excluding hydrogens is 376 g/mol. The number of benzene rings is 2. The van der Waals surface area contributed by atoms with Gasteiger partial charge in [0.05, 0.1) is 4.90 Å². The zero-order valence-corrected chi connectivity index (χ0v) is 16.9. The van der Waals surface area contributed by atoms with Gasteiger partial charge in [-0.2, -0.15) is 0 Å². The van der Waals surface area contributed by atoms with E-state index in [1.807, 2.05) is 30.3 Å². The average Bonchev–Trinajstić information content (AvgIpc) is 3.03. The summed E-state index contributed by atoms with van der Waals surface area (Å²) in [5.41, 5.74) is 1.35. The van der Waals surface area contributed by atoms with Crippen LogP contribution in [-0.2, 0) is 21.2 Å². The van der Waals surface area contributed by atoms with Gasteiger partial charge in [-0.25, -0.2) is 13.1 Å². The van der Waals surface area contributed by atoms with Crippen LogP contribution in [0.2, 0.25) is 0 Å². The lowest BCUT2D eigenvalue weighted by atomic mass is 10.2. The first kappa shape index (κ1) is 20.1. The van der Waals surface area contributed by atoms with Gasteiger partial charge in [0.25, 0.3) is 0 Å². The normalized spacial score (nSPS) is 13.0. The Bertz CT molecular complexity index is 1040. The molecule has 3 aromatic rings. The minimum atomic E-state index is -3.68. The van der Waals surface area contributed by atoms with Crippen LogP contribution in [0.4, 0.5) is 5.69 Å². The van der Waals surface area contributed by atoms with E-state index in [9.17, 15) is 13.2 Å². The van der Waals surface area contributed by atoms with Crippen LogP contribution in [0.3, 0.4) is 0 Å². The Hall–Kier alpha value is -2.64. The number of furan rings is 1. The second-order valence-electron chi connectivity index (χ2n) is 7.15. The molecule has 0 aliphatic heterocycles. The van der Waals surface area contributed by atoms with Crippen molar-refractivity contribution < 1.29 is 17.6 Å². The predicted molar refractivity (Wildman–Crippen MR) is 110 cm³/mol. The number of para-hydroxylation sites is 1. The molecule has 3 rings (SSSR count). The molecule has 0 aliphatic carbocycles. The molecule has 0 aliphatic rings. The second kappa shape index (κ2) is 8.16. The largest absolute Gasteiger partial charge is 0.461 e. The third kappa shape index (κ3) is 4.79. The van der Waals surface area contributed by atoms with Crippen LogP contribution in [0.25, 0.3) is 11.0 Å². The van der Waals surface area contributed by atoms with E-state index < -0.39 is 10.0 Å². The van der Waals surface area contributed by atoms with Crippen molar-refractivity contribution in [1.82, 2.24) is 4.72 Å². The molecule has 2 aromatic carbocycles. The SMILES string of the molecule is CC(Cc1cc2ccccc2o1)NS(=O)(=O)c1ccc(NC(=O)C(C)C)cc1. The van der Waals surface area contributed by atoms with Crippen LogP contribution in [0.5, 0.6) is 0 Å². The number of carbonyl (C=O) groups is 1.